The van der Waals surface area contributed by atoms with Crippen LogP contribution in [0.5, 0.6) is 11.5 Å². The molecule has 1 amide bonds. The minimum Gasteiger partial charge on any atom is -0.486 e. The lowest BCUT2D eigenvalue weighted by molar-refractivity contribution is 0.0481. The number of fused-ring (bicyclic) bond motifs is 6. The van der Waals surface area contributed by atoms with E-state index < -0.39 is 35.1 Å². The summed E-state index contributed by atoms with van der Waals surface area (Å²) in [6, 6.07) is 0.0714. The molecule has 8 heterocycles. The van der Waals surface area contributed by atoms with E-state index in [4.69, 9.17) is 42.0 Å². The number of aromatic nitrogens is 8. The van der Waals surface area contributed by atoms with Gasteiger partial charge in [0.2, 0.25) is 5.28 Å². The second kappa shape index (κ2) is 17.0. The van der Waals surface area contributed by atoms with Gasteiger partial charge < -0.3 is 40.2 Å². The predicted octanol–water partition coefficient (Wildman–Crippen LogP) is 1.29. The van der Waals surface area contributed by atoms with Gasteiger partial charge in [-0.05, 0) is 53.1 Å². The molecule has 328 valence electrons. The summed E-state index contributed by atoms with van der Waals surface area (Å²) in [6.45, 7) is 13.8. The summed E-state index contributed by atoms with van der Waals surface area (Å²) in [6.07, 6.45) is 8.54. The number of anilines is 2. The molecule has 4 aliphatic rings. The van der Waals surface area contributed by atoms with E-state index in [9.17, 15) is 21.6 Å². The number of hydrogen-bond acceptors (Lipinski definition) is 18. The molecule has 0 spiro atoms. The first-order valence-electron chi connectivity index (χ1n) is 19.0. The number of nitrogens with zero attached hydrogens (tertiary/aromatic N) is 9. The van der Waals surface area contributed by atoms with Gasteiger partial charge in [0.25, 0.3) is 11.9 Å². The van der Waals surface area contributed by atoms with Crippen molar-refractivity contribution in [1.29, 1.82) is 0 Å². The summed E-state index contributed by atoms with van der Waals surface area (Å²) in [5, 5.41) is 10.5. The Balaban J connectivity index is 0.000000177. The van der Waals surface area contributed by atoms with Crippen LogP contribution in [0.1, 0.15) is 68.9 Å². The molecule has 0 bridgehead atoms. The highest BCUT2D eigenvalue weighted by Gasteiger charge is 2.45. The van der Waals surface area contributed by atoms with Crippen LogP contribution in [-0.4, -0.2) is 139 Å². The minimum atomic E-state index is -3.56. The van der Waals surface area contributed by atoms with E-state index in [1.807, 2.05) is 13.8 Å². The van der Waals surface area contributed by atoms with Crippen LogP contribution >= 0.6 is 11.6 Å². The molecule has 24 heteroatoms. The van der Waals surface area contributed by atoms with Crippen LogP contribution in [0.2, 0.25) is 5.28 Å². The van der Waals surface area contributed by atoms with Crippen LogP contribution in [0.4, 0.5) is 11.6 Å². The second-order valence-corrected chi connectivity index (χ2v) is 21.4. The number of H-pyrrole nitrogens is 1. The van der Waals surface area contributed by atoms with Crippen molar-refractivity contribution >= 4 is 48.8 Å². The summed E-state index contributed by atoms with van der Waals surface area (Å²) >= 11 is 6.09. The van der Waals surface area contributed by atoms with Gasteiger partial charge in [-0.3, -0.25) is 9.89 Å². The van der Waals surface area contributed by atoms with Gasteiger partial charge in [-0.25, -0.2) is 31.5 Å². The number of nitrogens with one attached hydrogen (secondary N) is 1. The summed E-state index contributed by atoms with van der Waals surface area (Å²) in [4.78, 5) is 33.3. The van der Waals surface area contributed by atoms with Crippen molar-refractivity contribution in [3.05, 3.63) is 52.6 Å². The zero-order valence-corrected chi connectivity index (χ0v) is 37.0. The highest BCUT2D eigenvalue weighted by molar-refractivity contribution is 7.91. The SMILES string of the molecule is C[C@@H]1COC[C@H]2COc3c(nc(-n4cc(C(N)=O)cn4)nc3C(C)(C)S(C)(=O)=O)N21.C[C@@H]1COC[C@H]2COc3c(nc(Cl)nc3C(C)(C)S(C)(=O)=O)N21.NCc1cn[nH]c1. The number of carbonyl (C=O) groups is 1. The van der Waals surface area contributed by atoms with Gasteiger partial charge in [0.15, 0.2) is 42.8 Å². The van der Waals surface area contributed by atoms with Crippen LogP contribution in [0, 0.1) is 0 Å². The largest absolute Gasteiger partial charge is 0.486 e. The maximum absolute atomic E-state index is 12.6. The number of aromatic amines is 1. The fourth-order valence-corrected chi connectivity index (χ4v) is 7.99. The summed E-state index contributed by atoms with van der Waals surface area (Å²) in [5.41, 5.74) is 12.3. The van der Waals surface area contributed by atoms with Gasteiger partial charge in [0.05, 0.1) is 68.6 Å². The Bertz CT molecular complexity index is 2430. The van der Waals surface area contributed by atoms with Crippen molar-refractivity contribution in [3.8, 4) is 17.4 Å². The summed E-state index contributed by atoms with van der Waals surface area (Å²) in [5.74, 6) is 1.24. The molecule has 4 aliphatic heterocycles. The monoisotopic (exact) mass is 894 g/mol. The Kier molecular flexibility index (Phi) is 12.7. The van der Waals surface area contributed by atoms with E-state index in [1.165, 1.54) is 23.3 Å². The normalized spacial score (nSPS) is 21.3. The fourth-order valence-electron chi connectivity index (χ4n) is 6.84. The third-order valence-electron chi connectivity index (χ3n) is 10.9. The fraction of sp³-hybridized carbons (Fsp3) is 0.583. The van der Waals surface area contributed by atoms with Crippen molar-refractivity contribution in [3.63, 3.8) is 0 Å². The Morgan fingerprint density at radius 1 is 0.817 bits per heavy atom. The summed E-state index contributed by atoms with van der Waals surface area (Å²) in [7, 11) is -6.98. The molecular weight excluding hydrogens is 844 g/mol. The molecule has 8 rings (SSSR count). The van der Waals surface area contributed by atoms with Crippen LogP contribution < -0.4 is 30.7 Å². The van der Waals surface area contributed by atoms with Gasteiger partial charge in [0, 0.05) is 37.0 Å². The lowest BCUT2D eigenvalue weighted by Crippen LogP contribution is -2.56. The van der Waals surface area contributed by atoms with Crippen molar-refractivity contribution in [2.24, 2.45) is 11.5 Å². The molecule has 4 aromatic rings. The van der Waals surface area contributed by atoms with Crippen LogP contribution in [-0.2, 0) is 45.2 Å². The third-order valence-corrected chi connectivity index (χ3v) is 15.2. The van der Waals surface area contributed by atoms with Gasteiger partial charge in [-0.2, -0.15) is 20.2 Å². The molecule has 0 radical (unpaired) electrons. The number of sulfone groups is 2. The van der Waals surface area contributed by atoms with Crippen LogP contribution in [0.25, 0.3) is 5.95 Å². The van der Waals surface area contributed by atoms with E-state index in [0.717, 1.165) is 11.8 Å². The van der Waals surface area contributed by atoms with Crippen molar-refractivity contribution in [2.75, 3.05) is 62.0 Å². The topological polar surface area (TPSA) is 279 Å². The van der Waals surface area contributed by atoms with Crippen LogP contribution in [0.15, 0.2) is 24.8 Å². The first-order chi connectivity index (χ1) is 28.1. The zero-order chi connectivity index (χ0) is 43.9. The molecule has 4 aromatic heterocycles. The molecule has 2 saturated heterocycles. The molecule has 0 unspecified atom stereocenters. The highest BCUT2D eigenvalue weighted by Crippen LogP contribution is 2.45. The Labute approximate surface area is 353 Å². The number of halogens is 1. The van der Waals surface area contributed by atoms with E-state index in [1.54, 1.807) is 40.1 Å². The lowest BCUT2D eigenvalue weighted by atomic mass is 10.0. The average Bonchev–Trinajstić information content (AvgIpc) is 3.90. The minimum absolute atomic E-state index is 0.00199. The maximum atomic E-state index is 12.6. The molecule has 5 N–H and O–H groups in total. The zero-order valence-electron chi connectivity index (χ0n) is 34.6. The van der Waals surface area contributed by atoms with E-state index in [-0.39, 0.29) is 46.7 Å². The number of amides is 1. The quantitative estimate of drug-likeness (QED) is 0.220. The third kappa shape index (κ3) is 8.73. The first-order valence-corrected chi connectivity index (χ1v) is 23.1. The van der Waals surface area contributed by atoms with E-state index in [2.05, 4.69) is 45.0 Å². The number of carbonyl (C=O) groups excluding carboxylic acids is 1. The Morgan fingerprint density at radius 3 is 1.77 bits per heavy atom. The van der Waals surface area contributed by atoms with Crippen molar-refractivity contribution in [2.45, 2.75) is 81.7 Å². The molecular formula is C36H51ClN12O9S2. The van der Waals surface area contributed by atoms with Gasteiger partial charge in [0.1, 0.15) is 34.1 Å². The second-order valence-electron chi connectivity index (χ2n) is 15.9. The maximum Gasteiger partial charge on any atom is 0.253 e. The van der Waals surface area contributed by atoms with E-state index in [0.29, 0.717) is 75.0 Å². The van der Waals surface area contributed by atoms with Crippen molar-refractivity contribution < 1.29 is 40.6 Å². The standard InChI is InChI=1S/C18H24N6O5S.C14H20ClN3O4S.C4H7N3/c1-10-7-28-8-12-9-29-13-14(18(2,3)30(4,26)27)21-17(22-16(13)24(10)12)23-6-11(5-20-23)15(19)25;1-8-5-21-6-9-7-22-10-11(14(2,3)23(4,19)20)16-13(15)17-12(10)18(8)9;5-1-4-2-6-7-3-4/h5-6,10,12H,7-9H2,1-4H3,(H2,19,25);8-9H,5-7H2,1-4H3;2-3H,1,5H2,(H,6,7)/t10-,12+;8-,9+;/m11./s1. The predicted molar refractivity (Wildman–Crippen MR) is 221 cm³/mol. The highest BCUT2D eigenvalue weighted by atomic mass is 35.5. The number of rotatable bonds is 7. The molecule has 4 atom stereocenters. The number of ether oxygens (including phenoxy) is 4. The average molecular weight is 895 g/mol. The van der Waals surface area contributed by atoms with Gasteiger partial charge in [-0.1, -0.05) is 0 Å². The lowest BCUT2D eigenvalue weighted by Gasteiger charge is -2.45. The molecule has 21 nitrogen and oxygen atoms in total. The summed E-state index contributed by atoms with van der Waals surface area (Å²) < 4.78 is 71.3. The molecule has 0 saturated carbocycles. The number of hydrogen-bond donors (Lipinski definition) is 3. The Hall–Kier alpha value is -4.68. The van der Waals surface area contributed by atoms with E-state index >= 15 is 0 Å². The van der Waals surface area contributed by atoms with Crippen molar-refractivity contribution in [1.82, 2.24) is 39.9 Å². The number of primary amides is 1. The molecule has 0 aromatic carbocycles. The molecule has 60 heavy (non-hydrogen) atoms. The van der Waals surface area contributed by atoms with Gasteiger partial charge >= 0.3 is 0 Å². The Morgan fingerprint density at radius 2 is 1.33 bits per heavy atom. The molecule has 2 fully saturated rings. The van der Waals surface area contributed by atoms with Crippen LogP contribution in [0.3, 0.4) is 0 Å². The number of morpholine rings is 2. The first kappa shape index (κ1) is 44.9. The smallest absolute Gasteiger partial charge is 0.253 e. The molecule has 0 aliphatic carbocycles. The van der Waals surface area contributed by atoms with Gasteiger partial charge in [-0.15, -0.1) is 0 Å². The number of nitrogens with two attached hydrogens (primary N) is 2.